The van der Waals surface area contributed by atoms with Gasteiger partial charge in [0.25, 0.3) is 11.1 Å². The van der Waals surface area contributed by atoms with Crippen LogP contribution < -0.4 is 14.8 Å². The number of methoxy groups -OCH3 is 2. The van der Waals surface area contributed by atoms with E-state index in [-0.39, 0.29) is 17.6 Å². The van der Waals surface area contributed by atoms with Gasteiger partial charge in [0.2, 0.25) is 5.91 Å². The fraction of sp³-hybridized carbons (Fsp3) is 0.421. The topological polar surface area (TPSA) is 94.2 Å². The van der Waals surface area contributed by atoms with Crippen molar-refractivity contribution in [1.29, 1.82) is 0 Å². The molecule has 0 aliphatic carbocycles. The maximum atomic E-state index is 12.6. The van der Waals surface area contributed by atoms with Gasteiger partial charge in [0.15, 0.2) is 11.5 Å². The Morgan fingerprint density at radius 3 is 2.72 bits per heavy atom. The van der Waals surface area contributed by atoms with Crippen molar-refractivity contribution < 1.29 is 28.6 Å². The molecule has 0 saturated carbocycles. The Hall–Kier alpha value is -2.23. The molecule has 1 N–H and O–H groups in total. The molecule has 2 aliphatic heterocycles. The second kappa shape index (κ2) is 9.51. The van der Waals surface area contributed by atoms with Gasteiger partial charge in [-0.2, -0.15) is 0 Å². The molecule has 0 aromatic heterocycles. The van der Waals surface area contributed by atoms with Gasteiger partial charge in [-0.05, 0) is 42.3 Å². The van der Waals surface area contributed by atoms with Crippen LogP contribution in [0.15, 0.2) is 17.0 Å². The first-order valence-corrected chi connectivity index (χ1v) is 10.2. The molecule has 3 amide bonds. The lowest BCUT2D eigenvalue weighted by molar-refractivity contribution is -0.129. The summed E-state index contributed by atoms with van der Waals surface area (Å²) in [7, 11) is 2.97. The summed E-state index contributed by atoms with van der Waals surface area (Å²) in [5.41, 5.74) is 0.498. The van der Waals surface area contributed by atoms with E-state index in [4.69, 9.17) is 25.8 Å². The summed E-state index contributed by atoms with van der Waals surface area (Å²) in [6.07, 6.45) is 3.34. The summed E-state index contributed by atoms with van der Waals surface area (Å²) >= 11 is 7.01. The van der Waals surface area contributed by atoms with Crippen molar-refractivity contribution in [3.63, 3.8) is 0 Å². The van der Waals surface area contributed by atoms with Crippen LogP contribution in [0.1, 0.15) is 18.4 Å². The standard InChI is InChI=1S/C19H21ClN2O6S/c1-26-14-6-11(13(20)8-15(14)27-2)7-16-18(24)22(19(25)29-16)10-17(23)21-9-12-4-3-5-28-12/h6-8,12H,3-5,9-10H2,1-2H3,(H,21,23)/b16-7-/t12-/m1/s1. The molecule has 8 nitrogen and oxygen atoms in total. The first kappa shape index (κ1) is 21.5. The monoisotopic (exact) mass is 440 g/mol. The van der Waals surface area contributed by atoms with Crippen LogP contribution in [0, 0.1) is 0 Å². The molecule has 1 aromatic carbocycles. The fourth-order valence-electron chi connectivity index (χ4n) is 2.99. The second-order valence-electron chi connectivity index (χ2n) is 6.44. The summed E-state index contributed by atoms with van der Waals surface area (Å²) in [5, 5.41) is 2.53. The van der Waals surface area contributed by atoms with Gasteiger partial charge in [0, 0.05) is 19.2 Å². The van der Waals surface area contributed by atoms with E-state index in [9.17, 15) is 14.4 Å². The highest BCUT2D eigenvalue weighted by Crippen LogP contribution is 2.37. The molecule has 3 rings (SSSR count). The molecular weight excluding hydrogens is 420 g/mol. The van der Waals surface area contributed by atoms with Gasteiger partial charge < -0.3 is 19.5 Å². The van der Waals surface area contributed by atoms with Crippen molar-refractivity contribution in [2.45, 2.75) is 18.9 Å². The molecule has 1 aromatic rings. The highest BCUT2D eigenvalue weighted by Gasteiger charge is 2.36. The van der Waals surface area contributed by atoms with Crippen molar-refractivity contribution in [3.05, 3.63) is 27.6 Å². The smallest absolute Gasteiger partial charge is 0.294 e. The number of nitrogens with zero attached hydrogens (tertiary/aromatic N) is 1. The number of rotatable bonds is 7. The Morgan fingerprint density at radius 2 is 2.07 bits per heavy atom. The molecule has 2 aliphatic rings. The van der Waals surface area contributed by atoms with Crippen LogP contribution in [0.4, 0.5) is 4.79 Å². The van der Waals surface area contributed by atoms with Crippen molar-refractivity contribution >= 4 is 46.5 Å². The molecule has 0 spiro atoms. The summed E-state index contributed by atoms with van der Waals surface area (Å²) in [4.78, 5) is 38.1. The third-order valence-electron chi connectivity index (χ3n) is 4.52. The van der Waals surface area contributed by atoms with Gasteiger partial charge in [-0.1, -0.05) is 11.6 Å². The molecule has 2 saturated heterocycles. The first-order chi connectivity index (χ1) is 13.9. The number of imide groups is 1. The molecule has 10 heteroatoms. The quantitative estimate of drug-likeness (QED) is 0.651. The molecule has 0 bridgehead atoms. The van der Waals surface area contributed by atoms with E-state index in [2.05, 4.69) is 5.32 Å². The third kappa shape index (κ3) is 5.04. The largest absolute Gasteiger partial charge is 0.493 e. The minimum Gasteiger partial charge on any atom is -0.493 e. The van der Waals surface area contributed by atoms with Crippen LogP contribution >= 0.6 is 23.4 Å². The number of carbonyl (C=O) groups excluding carboxylic acids is 3. The van der Waals surface area contributed by atoms with E-state index < -0.39 is 17.1 Å². The summed E-state index contributed by atoms with van der Waals surface area (Å²) in [5.74, 6) is -0.0622. The maximum Gasteiger partial charge on any atom is 0.294 e. The normalized spacial score (nSPS) is 20.4. The Kier molecular flexibility index (Phi) is 7.05. The molecule has 0 radical (unpaired) electrons. The van der Waals surface area contributed by atoms with Crippen LogP contribution in [-0.4, -0.2) is 62.0 Å². The summed E-state index contributed by atoms with van der Waals surface area (Å²) in [6, 6.07) is 3.18. The molecule has 156 valence electrons. The number of benzene rings is 1. The number of thioether (sulfide) groups is 1. The molecule has 2 fully saturated rings. The minimum absolute atomic E-state index is 0.0130. The van der Waals surface area contributed by atoms with Crippen LogP contribution in [0.25, 0.3) is 6.08 Å². The van der Waals surface area contributed by atoms with E-state index in [0.29, 0.717) is 35.2 Å². The van der Waals surface area contributed by atoms with E-state index in [1.807, 2.05) is 0 Å². The Morgan fingerprint density at radius 1 is 1.34 bits per heavy atom. The van der Waals surface area contributed by atoms with Crippen LogP contribution in [0.3, 0.4) is 0 Å². The van der Waals surface area contributed by atoms with Crippen molar-refractivity contribution in [2.75, 3.05) is 33.9 Å². The van der Waals surface area contributed by atoms with E-state index in [1.165, 1.54) is 20.3 Å². The zero-order valence-electron chi connectivity index (χ0n) is 16.0. The van der Waals surface area contributed by atoms with Crippen LogP contribution in [-0.2, 0) is 14.3 Å². The molecule has 2 heterocycles. The van der Waals surface area contributed by atoms with Crippen LogP contribution in [0.5, 0.6) is 11.5 Å². The number of ether oxygens (including phenoxy) is 3. The number of amides is 3. The number of halogens is 1. The predicted octanol–water partition coefficient (Wildman–Crippen LogP) is 2.69. The average molecular weight is 441 g/mol. The van der Waals surface area contributed by atoms with Gasteiger partial charge in [-0.25, -0.2) is 0 Å². The summed E-state index contributed by atoms with van der Waals surface area (Å²) < 4.78 is 15.9. The molecule has 1 atom stereocenters. The Bertz CT molecular complexity index is 853. The molecular formula is C19H21ClN2O6S. The van der Waals surface area contributed by atoms with Gasteiger partial charge >= 0.3 is 0 Å². The van der Waals surface area contributed by atoms with Gasteiger partial charge in [0.05, 0.1) is 30.3 Å². The minimum atomic E-state index is -0.543. The Balaban J connectivity index is 1.69. The molecule has 0 unspecified atom stereocenters. The third-order valence-corrected chi connectivity index (χ3v) is 5.75. The highest BCUT2D eigenvalue weighted by molar-refractivity contribution is 8.18. The van der Waals surface area contributed by atoms with E-state index >= 15 is 0 Å². The Labute approximate surface area is 177 Å². The molecule has 29 heavy (non-hydrogen) atoms. The van der Waals surface area contributed by atoms with E-state index in [0.717, 1.165) is 29.5 Å². The van der Waals surface area contributed by atoms with Gasteiger partial charge in [-0.15, -0.1) is 0 Å². The highest BCUT2D eigenvalue weighted by atomic mass is 35.5. The SMILES string of the molecule is COc1cc(Cl)c(/C=C2\SC(=O)N(CC(=O)NC[C@H]3CCCO3)C2=O)cc1OC. The number of hydrogen-bond donors (Lipinski definition) is 1. The van der Waals surface area contributed by atoms with Crippen molar-refractivity contribution in [2.24, 2.45) is 0 Å². The number of carbonyl (C=O) groups is 3. The second-order valence-corrected chi connectivity index (χ2v) is 7.84. The predicted molar refractivity (Wildman–Crippen MR) is 109 cm³/mol. The zero-order chi connectivity index (χ0) is 21.0. The fourth-order valence-corrected chi connectivity index (χ4v) is 4.03. The number of nitrogens with one attached hydrogen (secondary N) is 1. The van der Waals surface area contributed by atoms with Crippen LogP contribution in [0.2, 0.25) is 5.02 Å². The number of hydrogen-bond acceptors (Lipinski definition) is 7. The lowest BCUT2D eigenvalue weighted by atomic mass is 10.1. The maximum absolute atomic E-state index is 12.6. The van der Waals surface area contributed by atoms with E-state index in [1.54, 1.807) is 12.1 Å². The van der Waals surface area contributed by atoms with Gasteiger partial charge in [0.1, 0.15) is 6.54 Å². The first-order valence-electron chi connectivity index (χ1n) is 8.98. The average Bonchev–Trinajstić information content (AvgIpc) is 3.31. The lowest BCUT2D eigenvalue weighted by Crippen LogP contribution is -2.41. The van der Waals surface area contributed by atoms with Crippen molar-refractivity contribution in [3.8, 4) is 11.5 Å². The summed E-state index contributed by atoms with van der Waals surface area (Å²) in [6.45, 7) is 0.716. The zero-order valence-corrected chi connectivity index (χ0v) is 17.6. The lowest BCUT2D eigenvalue weighted by Gasteiger charge is -2.14. The van der Waals surface area contributed by atoms with Crippen molar-refractivity contribution in [1.82, 2.24) is 10.2 Å². The van der Waals surface area contributed by atoms with Gasteiger partial charge in [-0.3, -0.25) is 19.3 Å².